The number of anilines is 1. The SMILES string of the molecule is CCOC(=O)c1c[nH]c2ccc(N(CC)CC)cc2c1=O. The van der Waals surface area contributed by atoms with E-state index in [9.17, 15) is 9.59 Å². The second kappa shape index (κ2) is 6.43. The number of hydrogen-bond donors (Lipinski definition) is 1. The molecule has 0 saturated carbocycles. The highest BCUT2D eigenvalue weighted by atomic mass is 16.5. The molecule has 0 atom stereocenters. The van der Waals surface area contributed by atoms with Crippen LogP contribution >= 0.6 is 0 Å². The maximum atomic E-state index is 12.5. The number of nitrogens with one attached hydrogen (secondary N) is 1. The molecule has 0 aliphatic rings. The minimum atomic E-state index is -0.589. The summed E-state index contributed by atoms with van der Waals surface area (Å²) in [6.45, 7) is 7.80. The van der Waals surface area contributed by atoms with E-state index in [0.29, 0.717) is 10.9 Å². The largest absolute Gasteiger partial charge is 0.462 e. The van der Waals surface area contributed by atoms with Gasteiger partial charge in [-0.1, -0.05) is 0 Å². The van der Waals surface area contributed by atoms with Gasteiger partial charge in [0, 0.05) is 35.9 Å². The summed E-state index contributed by atoms with van der Waals surface area (Å²) in [7, 11) is 0. The number of carbonyl (C=O) groups excluding carboxylic acids is 1. The van der Waals surface area contributed by atoms with Crippen molar-refractivity contribution in [1.82, 2.24) is 4.98 Å². The first-order chi connectivity index (χ1) is 10.1. The molecule has 1 aromatic heterocycles. The Bertz CT molecular complexity index is 702. The summed E-state index contributed by atoms with van der Waals surface area (Å²) >= 11 is 0. The molecule has 0 bridgehead atoms. The van der Waals surface area contributed by atoms with Crippen LogP contribution in [0.4, 0.5) is 5.69 Å². The van der Waals surface area contributed by atoms with Gasteiger partial charge < -0.3 is 14.6 Å². The molecular weight excluding hydrogens is 268 g/mol. The van der Waals surface area contributed by atoms with Gasteiger partial charge in [-0.3, -0.25) is 4.79 Å². The molecule has 1 aromatic carbocycles. The summed E-state index contributed by atoms with van der Waals surface area (Å²) in [6.07, 6.45) is 1.42. The molecule has 1 heterocycles. The highest BCUT2D eigenvalue weighted by Gasteiger charge is 2.14. The molecule has 0 aliphatic heterocycles. The van der Waals surface area contributed by atoms with Gasteiger partial charge in [0.1, 0.15) is 5.56 Å². The Balaban J connectivity index is 2.57. The zero-order valence-electron chi connectivity index (χ0n) is 12.6. The van der Waals surface area contributed by atoms with Crippen LogP contribution in [0.1, 0.15) is 31.1 Å². The van der Waals surface area contributed by atoms with Gasteiger partial charge in [0.15, 0.2) is 0 Å². The van der Waals surface area contributed by atoms with Crippen molar-refractivity contribution in [1.29, 1.82) is 0 Å². The number of aromatic nitrogens is 1. The lowest BCUT2D eigenvalue weighted by Crippen LogP contribution is -2.22. The molecule has 0 saturated heterocycles. The van der Waals surface area contributed by atoms with E-state index in [-0.39, 0.29) is 17.6 Å². The molecule has 1 N–H and O–H groups in total. The second-order valence-electron chi connectivity index (χ2n) is 4.65. The van der Waals surface area contributed by atoms with Gasteiger partial charge in [-0.25, -0.2) is 4.79 Å². The van der Waals surface area contributed by atoms with Crippen molar-refractivity contribution in [2.24, 2.45) is 0 Å². The Labute approximate surface area is 123 Å². The number of hydrogen-bond acceptors (Lipinski definition) is 4. The molecule has 0 spiro atoms. The van der Waals surface area contributed by atoms with Gasteiger partial charge >= 0.3 is 5.97 Å². The van der Waals surface area contributed by atoms with Crippen LogP contribution in [0.5, 0.6) is 0 Å². The lowest BCUT2D eigenvalue weighted by Gasteiger charge is -2.21. The van der Waals surface area contributed by atoms with E-state index in [2.05, 4.69) is 23.7 Å². The molecule has 2 aromatic rings. The molecule has 0 unspecified atom stereocenters. The van der Waals surface area contributed by atoms with Gasteiger partial charge in [-0.2, -0.15) is 0 Å². The smallest absolute Gasteiger partial charge is 0.343 e. The van der Waals surface area contributed by atoms with Crippen LogP contribution < -0.4 is 10.3 Å². The third-order valence-corrected chi connectivity index (χ3v) is 3.49. The van der Waals surface area contributed by atoms with Crippen LogP contribution in [0, 0.1) is 0 Å². The van der Waals surface area contributed by atoms with Gasteiger partial charge in [-0.15, -0.1) is 0 Å². The second-order valence-corrected chi connectivity index (χ2v) is 4.65. The van der Waals surface area contributed by atoms with E-state index in [1.165, 1.54) is 6.20 Å². The van der Waals surface area contributed by atoms with E-state index in [1.807, 2.05) is 18.2 Å². The summed E-state index contributed by atoms with van der Waals surface area (Å²) in [5.74, 6) is -0.589. The molecule has 0 radical (unpaired) electrons. The zero-order valence-corrected chi connectivity index (χ0v) is 12.6. The number of nitrogens with zero attached hydrogens (tertiary/aromatic N) is 1. The van der Waals surface area contributed by atoms with Crippen molar-refractivity contribution in [3.05, 3.63) is 40.2 Å². The number of aromatic amines is 1. The van der Waals surface area contributed by atoms with Crippen LogP contribution in [-0.4, -0.2) is 30.6 Å². The first kappa shape index (κ1) is 15.1. The number of esters is 1. The maximum absolute atomic E-state index is 12.5. The first-order valence-electron chi connectivity index (χ1n) is 7.19. The van der Waals surface area contributed by atoms with E-state index >= 15 is 0 Å². The number of pyridine rings is 1. The summed E-state index contributed by atoms with van der Waals surface area (Å²) in [5.41, 5.74) is 1.43. The van der Waals surface area contributed by atoms with E-state index in [4.69, 9.17) is 4.74 Å². The number of ether oxygens (including phenoxy) is 1. The summed E-state index contributed by atoms with van der Waals surface area (Å²) in [6, 6.07) is 5.65. The summed E-state index contributed by atoms with van der Waals surface area (Å²) in [4.78, 5) is 29.4. The minimum Gasteiger partial charge on any atom is -0.462 e. The van der Waals surface area contributed by atoms with E-state index < -0.39 is 5.97 Å². The Morgan fingerprint density at radius 2 is 1.95 bits per heavy atom. The Morgan fingerprint density at radius 1 is 1.24 bits per heavy atom. The number of rotatable bonds is 5. The average Bonchev–Trinajstić information content (AvgIpc) is 2.49. The molecule has 5 nitrogen and oxygen atoms in total. The van der Waals surface area contributed by atoms with Gasteiger partial charge in [0.25, 0.3) is 0 Å². The third-order valence-electron chi connectivity index (χ3n) is 3.49. The zero-order chi connectivity index (χ0) is 15.4. The molecule has 0 aliphatic carbocycles. The van der Waals surface area contributed by atoms with Crippen LogP contribution in [0.2, 0.25) is 0 Å². The number of benzene rings is 1. The first-order valence-corrected chi connectivity index (χ1v) is 7.19. The molecule has 5 heteroatoms. The predicted octanol–water partition coefficient (Wildman–Crippen LogP) is 2.55. The van der Waals surface area contributed by atoms with Crippen molar-refractivity contribution in [3.63, 3.8) is 0 Å². The predicted molar refractivity (Wildman–Crippen MR) is 84.1 cm³/mol. The topological polar surface area (TPSA) is 62.4 Å². The molecule has 0 fully saturated rings. The van der Waals surface area contributed by atoms with Crippen LogP contribution in [0.15, 0.2) is 29.2 Å². The van der Waals surface area contributed by atoms with Crippen LogP contribution in [0.3, 0.4) is 0 Å². The fourth-order valence-electron chi connectivity index (χ4n) is 2.35. The van der Waals surface area contributed by atoms with Crippen molar-refractivity contribution < 1.29 is 9.53 Å². The molecular formula is C16H20N2O3. The Hall–Kier alpha value is -2.30. The Morgan fingerprint density at radius 3 is 2.57 bits per heavy atom. The van der Waals surface area contributed by atoms with Crippen molar-refractivity contribution >= 4 is 22.6 Å². The average molecular weight is 288 g/mol. The fraction of sp³-hybridized carbons (Fsp3) is 0.375. The lowest BCUT2D eigenvalue weighted by molar-refractivity contribution is 0.0524. The van der Waals surface area contributed by atoms with E-state index in [0.717, 1.165) is 18.8 Å². The van der Waals surface area contributed by atoms with Gasteiger partial charge in [0.2, 0.25) is 5.43 Å². The molecule has 0 amide bonds. The monoisotopic (exact) mass is 288 g/mol. The number of carbonyl (C=O) groups is 1. The highest BCUT2D eigenvalue weighted by Crippen LogP contribution is 2.19. The normalized spacial score (nSPS) is 10.6. The van der Waals surface area contributed by atoms with Crippen molar-refractivity contribution in [2.75, 3.05) is 24.6 Å². The molecule has 2 rings (SSSR count). The standard InChI is InChI=1S/C16H20N2O3/c1-4-18(5-2)11-7-8-14-12(9-11)15(19)13(10-17-14)16(20)21-6-3/h7-10H,4-6H2,1-3H3,(H,17,19). The van der Waals surface area contributed by atoms with E-state index in [1.54, 1.807) is 6.92 Å². The van der Waals surface area contributed by atoms with Crippen molar-refractivity contribution in [3.8, 4) is 0 Å². The highest BCUT2D eigenvalue weighted by molar-refractivity contribution is 5.94. The van der Waals surface area contributed by atoms with Gasteiger partial charge in [0.05, 0.1) is 6.61 Å². The summed E-state index contributed by atoms with van der Waals surface area (Å²) < 4.78 is 4.91. The molecule has 21 heavy (non-hydrogen) atoms. The maximum Gasteiger partial charge on any atom is 0.343 e. The van der Waals surface area contributed by atoms with Crippen LogP contribution in [-0.2, 0) is 4.74 Å². The third kappa shape index (κ3) is 2.91. The quantitative estimate of drug-likeness (QED) is 0.859. The van der Waals surface area contributed by atoms with Crippen LogP contribution in [0.25, 0.3) is 10.9 Å². The lowest BCUT2D eigenvalue weighted by atomic mass is 10.1. The van der Waals surface area contributed by atoms with Gasteiger partial charge in [-0.05, 0) is 39.0 Å². The van der Waals surface area contributed by atoms with Crippen molar-refractivity contribution in [2.45, 2.75) is 20.8 Å². The minimum absolute atomic E-state index is 0.0426. The summed E-state index contributed by atoms with van der Waals surface area (Å²) in [5, 5.41) is 0.505. The number of H-pyrrole nitrogens is 1. The fourth-order valence-corrected chi connectivity index (χ4v) is 2.35. The molecule has 112 valence electrons. The Kier molecular flexibility index (Phi) is 4.62. The number of fused-ring (bicyclic) bond motifs is 1.